The molecule has 0 spiro atoms. The van der Waals surface area contributed by atoms with E-state index in [1.807, 2.05) is 6.07 Å². The van der Waals surface area contributed by atoms with E-state index in [4.69, 9.17) is 17.3 Å². The van der Waals surface area contributed by atoms with Gasteiger partial charge in [0, 0.05) is 14.0 Å². The van der Waals surface area contributed by atoms with E-state index < -0.39 is 0 Å². The molecule has 0 aromatic heterocycles. The number of carbonyl (C=O) groups is 1. The van der Waals surface area contributed by atoms with Crippen molar-refractivity contribution in [3.8, 4) is 0 Å². The smallest absolute Gasteiger partial charge is 0.256 e. The number of carbonyl (C=O) groups excluding carboxylic acids is 1. The first-order valence-electron chi connectivity index (χ1n) is 5.29. The Morgan fingerprint density at radius 1 is 1.16 bits per heavy atom. The minimum Gasteiger partial charge on any atom is -0.397 e. The number of amides is 1. The van der Waals surface area contributed by atoms with Gasteiger partial charge in [0.25, 0.3) is 5.91 Å². The van der Waals surface area contributed by atoms with E-state index >= 15 is 0 Å². The third-order valence-corrected chi connectivity index (χ3v) is 3.86. The van der Waals surface area contributed by atoms with E-state index in [-0.39, 0.29) is 5.91 Å². The first kappa shape index (κ1) is 14.4. The van der Waals surface area contributed by atoms with Crippen LogP contribution < -0.4 is 11.1 Å². The molecule has 0 saturated carbocycles. The lowest BCUT2D eigenvalue weighted by molar-refractivity contribution is 0.102. The summed E-state index contributed by atoms with van der Waals surface area (Å²) in [5.41, 5.74) is 7.25. The van der Waals surface area contributed by atoms with Gasteiger partial charge in [-0.2, -0.15) is 0 Å². The molecule has 3 nitrogen and oxygen atoms in total. The van der Waals surface area contributed by atoms with Crippen molar-refractivity contribution < 1.29 is 4.79 Å². The molecule has 0 heterocycles. The van der Waals surface area contributed by atoms with Crippen molar-refractivity contribution in [1.82, 2.24) is 0 Å². The van der Waals surface area contributed by atoms with Crippen LogP contribution in [0.5, 0.6) is 0 Å². The topological polar surface area (TPSA) is 55.1 Å². The lowest BCUT2D eigenvalue weighted by atomic mass is 10.2. The Morgan fingerprint density at radius 2 is 1.89 bits per heavy atom. The summed E-state index contributed by atoms with van der Waals surface area (Å²) in [7, 11) is 0. The average Bonchev–Trinajstić information content (AvgIpc) is 2.36. The number of anilines is 2. The van der Waals surface area contributed by atoms with Crippen LogP contribution in [-0.4, -0.2) is 5.91 Å². The van der Waals surface area contributed by atoms with E-state index in [0.717, 1.165) is 4.47 Å². The van der Waals surface area contributed by atoms with Gasteiger partial charge in [-0.1, -0.05) is 27.5 Å². The highest BCUT2D eigenvalue weighted by atomic mass is 79.9. The number of nitrogens with two attached hydrogens (primary N) is 1. The van der Waals surface area contributed by atoms with Crippen LogP contribution >= 0.6 is 43.5 Å². The molecule has 6 heteroatoms. The summed E-state index contributed by atoms with van der Waals surface area (Å²) in [6, 6.07) is 10.3. The predicted molar refractivity (Wildman–Crippen MR) is 85.7 cm³/mol. The molecular formula is C13H9Br2ClN2O. The molecule has 2 aromatic carbocycles. The molecule has 0 aliphatic rings. The zero-order chi connectivity index (χ0) is 14.0. The molecule has 0 atom stereocenters. The van der Waals surface area contributed by atoms with Crippen LogP contribution in [0.15, 0.2) is 45.3 Å². The van der Waals surface area contributed by atoms with Gasteiger partial charge < -0.3 is 11.1 Å². The number of benzene rings is 2. The number of rotatable bonds is 2. The molecule has 1 amide bonds. The lowest BCUT2D eigenvalue weighted by Gasteiger charge is -2.10. The van der Waals surface area contributed by atoms with E-state index in [1.165, 1.54) is 0 Å². The van der Waals surface area contributed by atoms with E-state index in [9.17, 15) is 4.79 Å². The molecule has 0 aliphatic heterocycles. The third kappa shape index (κ3) is 3.49. The largest absolute Gasteiger partial charge is 0.397 e. The Balaban J connectivity index is 2.30. The van der Waals surface area contributed by atoms with Crippen LogP contribution in [0, 0.1) is 0 Å². The van der Waals surface area contributed by atoms with Crippen molar-refractivity contribution in [2.45, 2.75) is 0 Å². The molecule has 0 fully saturated rings. The maximum Gasteiger partial charge on any atom is 0.256 e. The molecule has 98 valence electrons. The SMILES string of the molecule is Nc1ccc(Cl)cc1NC(=O)c1cc(Br)ccc1Br. The molecule has 0 aliphatic carbocycles. The highest BCUT2D eigenvalue weighted by molar-refractivity contribution is 9.11. The number of hydrogen-bond acceptors (Lipinski definition) is 2. The first-order chi connectivity index (χ1) is 8.97. The summed E-state index contributed by atoms with van der Waals surface area (Å²) in [5, 5.41) is 3.25. The van der Waals surface area contributed by atoms with Gasteiger partial charge in [-0.3, -0.25) is 4.79 Å². The molecule has 0 radical (unpaired) electrons. The van der Waals surface area contributed by atoms with Crippen molar-refractivity contribution >= 4 is 60.7 Å². The number of halogens is 3. The summed E-state index contributed by atoms with van der Waals surface area (Å²) in [5.74, 6) is -0.262. The predicted octanol–water partition coefficient (Wildman–Crippen LogP) is 4.70. The fourth-order valence-corrected chi connectivity index (χ4v) is 2.46. The van der Waals surface area contributed by atoms with Crippen molar-refractivity contribution in [2.24, 2.45) is 0 Å². The van der Waals surface area contributed by atoms with Gasteiger partial charge in [0.15, 0.2) is 0 Å². The van der Waals surface area contributed by atoms with Crippen molar-refractivity contribution in [2.75, 3.05) is 11.1 Å². The molecule has 19 heavy (non-hydrogen) atoms. The molecule has 0 saturated heterocycles. The molecule has 0 unspecified atom stereocenters. The van der Waals surface area contributed by atoms with Gasteiger partial charge in [-0.15, -0.1) is 0 Å². The molecule has 2 aromatic rings. The zero-order valence-corrected chi connectivity index (χ0v) is 13.5. The summed E-state index contributed by atoms with van der Waals surface area (Å²) < 4.78 is 1.52. The minimum absolute atomic E-state index is 0.262. The van der Waals surface area contributed by atoms with Gasteiger partial charge in [0.05, 0.1) is 16.9 Å². The highest BCUT2D eigenvalue weighted by Crippen LogP contribution is 2.26. The maximum absolute atomic E-state index is 12.2. The Kier molecular flexibility index (Phi) is 4.50. The summed E-state index contributed by atoms with van der Waals surface area (Å²) in [4.78, 5) is 12.2. The number of hydrogen-bond donors (Lipinski definition) is 2. The quantitative estimate of drug-likeness (QED) is 0.713. The third-order valence-electron chi connectivity index (χ3n) is 2.44. The van der Waals surface area contributed by atoms with Crippen LogP contribution in [0.4, 0.5) is 11.4 Å². The number of nitrogens with one attached hydrogen (secondary N) is 1. The monoisotopic (exact) mass is 402 g/mol. The molecule has 0 bridgehead atoms. The average molecular weight is 404 g/mol. The highest BCUT2D eigenvalue weighted by Gasteiger charge is 2.12. The van der Waals surface area contributed by atoms with Crippen molar-refractivity contribution in [3.63, 3.8) is 0 Å². The zero-order valence-electron chi connectivity index (χ0n) is 9.58. The number of nitrogen functional groups attached to an aromatic ring is 1. The second kappa shape index (κ2) is 5.94. The summed E-state index contributed by atoms with van der Waals surface area (Å²) in [6.07, 6.45) is 0. The second-order valence-electron chi connectivity index (χ2n) is 3.81. The van der Waals surface area contributed by atoms with Crippen LogP contribution in [-0.2, 0) is 0 Å². The van der Waals surface area contributed by atoms with Crippen LogP contribution in [0.1, 0.15) is 10.4 Å². The van der Waals surface area contributed by atoms with Crippen molar-refractivity contribution in [1.29, 1.82) is 0 Å². The van der Waals surface area contributed by atoms with Crippen molar-refractivity contribution in [3.05, 3.63) is 55.9 Å². The lowest BCUT2D eigenvalue weighted by Crippen LogP contribution is -2.13. The maximum atomic E-state index is 12.2. The molecule has 3 N–H and O–H groups in total. The fourth-order valence-electron chi connectivity index (χ4n) is 1.50. The van der Waals surface area contributed by atoms with E-state index in [2.05, 4.69) is 37.2 Å². The van der Waals surface area contributed by atoms with Gasteiger partial charge in [0.2, 0.25) is 0 Å². The van der Waals surface area contributed by atoms with Crippen LogP contribution in [0.2, 0.25) is 5.02 Å². The van der Waals surface area contributed by atoms with Gasteiger partial charge in [-0.25, -0.2) is 0 Å². The summed E-state index contributed by atoms with van der Waals surface area (Å²) in [6.45, 7) is 0. The minimum atomic E-state index is -0.262. The van der Waals surface area contributed by atoms with E-state index in [0.29, 0.717) is 26.4 Å². The molecular weight excluding hydrogens is 395 g/mol. The Labute approximate surface area is 132 Å². The molecule has 2 rings (SSSR count). The van der Waals surface area contributed by atoms with E-state index in [1.54, 1.807) is 30.3 Å². The van der Waals surface area contributed by atoms with Gasteiger partial charge >= 0.3 is 0 Å². The Bertz CT molecular complexity index is 647. The van der Waals surface area contributed by atoms with Gasteiger partial charge in [0.1, 0.15) is 0 Å². The fraction of sp³-hybridized carbons (Fsp3) is 0. The first-order valence-corrected chi connectivity index (χ1v) is 7.25. The normalized spacial score (nSPS) is 10.3. The van der Waals surface area contributed by atoms with Crippen LogP contribution in [0.3, 0.4) is 0 Å². The van der Waals surface area contributed by atoms with Crippen LogP contribution in [0.25, 0.3) is 0 Å². The summed E-state index contributed by atoms with van der Waals surface area (Å²) >= 11 is 12.5. The Morgan fingerprint density at radius 3 is 2.63 bits per heavy atom. The van der Waals surface area contributed by atoms with Gasteiger partial charge in [-0.05, 0) is 52.3 Å². The second-order valence-corrected chi connectivity index (χ2v) is 6.02. The Hall–Kier alpha value is -1.04. The standard InChI is InChI=1S/C13H9Br2ClN2O/c14-7-1-3-10(15)9(5-7)13(19)18-12-6-8(16)2-4-11(12)17/h1-6H,17H2,(H,18,19).